The Balaban J connectivity index is 2.60. The lowest BCUT2D eigenvalue weighted by atomic mass is 9.83. The van der Waals surface area contributed by atoms with Crippen molar-refractivity contribution in [1.82, 2.24) is 0 Å². The van der Waals surface area contributed by atoms with Crippen LogP contribution in [0.25, 0.3) is 0 Å². The van der Waals surface area contributed by atoms with Gasteiger partial charge in [0.1, 0.15) is 0 Å². The van der Waals surface area contributed by atoms with Crippen LogP contribution < -0.4 is 0 Å². The molecule has 0 aliphatic heterocycles. The molecule has 14 heavy (non-hydrogen) atoms. The standard InChI is InChI=1S/C13H20O/c1-2-7-12(10-6-11-14)13-8-4-3-5-9-13/h2,6-7,10,13-14H,1,3-5,8-9,11H2/b10-6-,12-7+. The quantitative estimate of drug-likeness (QED) is 0.678. The predicted molar refractivity (Wildman–Crippen MR) is 61.1 cm³/mol. The number of hydrogen-bond donors (Lipinski definition) is 1. The van der Waals surface area contributed by atoms with Crippen molar-refractivity contribution >= 4 is 0 Å². The zero-order valence-electron chi connectivity index (χ0n) is 8.78. The van der Waals surface area contributed by atoms with Crippen LogP contribution in [-0.4, -0.2) is 11.7 Å². The molecule has 0 radical (unpaired) electrons. The van der Waals surface area contributed by atoms with Gasteiger partial charge in [-0.3, -0.25) is 0 Å². The van der Waals surface area contributed by atoms with E-state index in [0.29, 0.717) is 5.92 Å². The predicted octanol–water partition coefficient (Wildman–Crippen LogP) is 3.23. The highest BCUT2D eigenvalue weighted by molar-refractivity contribution is 5.26. The van der Waals surface area contributed by atoms with E-state index in [0.717, 1.165) is 0 Å². The molecule has 78 valence electrons. The van der Waals surface area contributed by atoms with Crippen molar-refractivity contribution in [2.24, 2.45) is 5.92 Å². The molecule has 1 rings (SSSR count). The van der Waals surface area contributed by atoms with Gasteiger partial charge in [-0.25, -0.2) is 0 Å². The molecule has 0 heterocycles. The monoisotopic (exact) mass is 192 g/mol. The van der Waals surface area contributed by atoms with Gasteiger partial charge in [0.25, 0.3) is 0 Å². The van der Waals surface area contributed by atoms with Gasteiger partial charge in [-0.05, 0) is 24.3 Å². The second-order valence-electron chi connectivity index (χ2n) is 3.82. The highest BCUT2D eigenvalue weighted by Crippen LogP contribution is 2.30. The van der Waals surface area contributed by atoms with Crippen LogP contribution in [-0.2, 0) is 0 Å². The molecule has 1 saturated carbocycles. The van der Waals surface area contributed by atoms with E-state index in [4.69, 9.17) is 5.11 Å². The Hall–Kier alpha value is -0.820. The van der Waals surface area contributed by atoms with Gasteiger partial charge >= 0.3 is 0 Å². The molecule has 1 fully saturated rings. The van der Waals surface area contributed by atoms with Gasteiger partial charge in [-0.15, -0.1) is 0 Å². The maximum absolute atomic E-state index is 8.74. The van der Waals surface area contributed by atoms with Gasteiger partial charge in [-0.1, -0.05) is 50.1 Å². The molecule has 0 aromatic heterocycles. The largest absolute Gasteiger partial charge is 0.392 e. The van der Waals surface area contributed by atoms with E-state index in [1.807, 2.05) is 18.2 Å². The molecule has 0 saturated heterocycles. The van der Waals surface area contributed by atoms with Crippen molar-refractivity contribution in [2.75, 3.05) is 6.61 Å². The Morgan fingerprint density at radius 3 is 2.57 bits per heavy atom. The summed E-state index contributed by atoms with van der Waals surface area (Å²) in [5.74, 6) is 0.685. The Kier molecular flexibility index (Phi) is 5.31. The molecule has 0 atom stereocenters. The van der Waals surface area contributed by atoms with Crippen LogP contribution in [0.1, 0.15) is 32.1 Å². The Morgan fingerprint density at radius 1 is 1.29 bits per heavy atom. The summed E-state index contributed by atoms with van der Waals surface area (Å²) in [7, 11) is 0. The minimum absolute atomic E-state index is 0.126. The maximum atomic E-state index is 8.74. The van der Waals surface area contributed by atoms with Crippen molar-refractivity contribution in [1.29, 1.82) is 0 Å². The van der Waals surface area contributed by atoms with Crippen LogP contribution in [0.2, 0.25) is 0 Å². The minimum atomic E-state index is 0.126. The van der Waals surface area contributed by atoms with Crippen LogP contribution in [0.5, 0.6) is 0 Å². The summed E-state index contributed by atoms with van der Waals surface area (Å²) in [6, 6.07) is 0. The van der Waals surface area contributed by atoms with Crippen LogP contribution >= 0.6 is 0 Å². The molecular formula is C13H20O. The Bertz CT molecular complexity index is 219. The number of rotatable bonds is 4. The fourth-order valence-corrected chi connectivity index (χ4v) is 2.09. The van der Waals surface area contributed by atoms with Gasteiger partial charge in [0.15, 0.2) is 0 Å². The summed E-state index contributed by atoms with van der Waals surface area (Å²) in [5, 5.41) is 8.74. The highest BCUT2D eigenvalue weighted by atomic mass is 16.2. The number of allylic oxidation sites excluding steroid dienone is 4. The van der Waals surface area contributed by atoms with Crippen LogP contribution in [0.15, 0.2) is 36.5 Å². The average molecular weight is 192 g/mol. The van der Waals surface area contributed by atoms with Crippen LogP contribution in [0.4, 0.5) is 0 Å². The molecule has 1 heteroatoms. The normalized spacial score (nSPS) is 20.2. The second kappa shape index (κ2) is 6.61. The summed E-state index contributed by atoms with van der Waals surface area (Å²) < 4.78 is 0. The fourth-order valence-electron chi connectivity index (χ4n) is 2.09. The highest BCUT2D eigenvalue weighted by Gasteiger charge is 2.15. The topological polar surface area (TPSA) is 20.2 Å². The first kappa shape index (κ1) is 11.3. The number of aliphatic hydroxyl groups is 1. The van der Waals surface area contributed by atoms with Gasteiger partial charge in [0.2, 0.25) is 0 Å². The second-order valence-corrected chi connectivity index (χ2v) is 3.82. The van der Waals surface area contributed by atoms with Crippen LogP contribution in [0.3, 0.4) is 0 Å². The zero-order chi connectivity index (χ0) is 10.2. The fraction of sp³-hybridized carbons (Fsp3) is 0.538. The summed E-state index contributed by atoms with van der Waals surface area (Å²) in [5.41, 5.74) is 1.33. The van der Waals surface area contributed by atoms with Gasteiger partial charge in [0.05, 0.1) is 6.61 Å². The van der Waals surface area contributed by atoms with E-state index in [2.05, 4.69) is 12.7 Å². The molecular weight excluding hydrogens is 172 g/mol. The molecule has 0 unspecified atom stereocenters. The molecule has 0 spiro atoms. The van der Waals surface area contributed by atoms with E-state index in [-0.39, 0.29) is 6.61 Å². The SMILES string of the molecule is C=C/C=C(\C=C/CO)C1CCCCC1. The van der Waals surface area contributed by atoms with Gasteiger partial charge < -0.3 is 5.11 Å². The van der Waals surface area contributed by atoms with Crippen molar-refractivity contribution < 1.29 is 5.11 Å². The lowest BCUT2D eigenvalue weighted by Gasteiger charge is -2.22. The molecule has 0 bridgehead atoms. The Morgan fingerprint density at radius 2 is 2.00 bits per heavy atom. The average Bonchev–Trinajstić information content (AvgIpc) is 2.25. The summed E-state index contributed by atoms with van der Waals surface area (Å²) in [6.45, 7) is 3.86. The van der Waals surface area contributed by atoms with E-state index in [1.165, 1.54) is 37.7 Å². The third-order valence-electron chi connectivity index (χ3n) is 2.80. The van der Waals surface area contributed by atoms with E-state index >= 15 is 0 Å². The van der Waals surface area contributed by atoms with Gasteiger partial charge in [0, 0.05) is 0 Å². The first-order chi connectivity index (χ1) is 6.88. The molecule has 0 aromatic rings. The molecule has 1 aliphatic rings. The number of aliphatic hydroxyl groups excluding tert-OH is 1. The maximum Gasteiger partial charge on any atom is 0.0615 e. The third kappa shape index (κ3) is 3.51. The van der Waals surface area contributed by atoms with Gasteiger partial charge in [-0.2, -0.15) is 0 Å². The zero-order valence-corrected chi connectivity index (χ0v) is 8.78. The minimum Gasteiger partial charge on any atom is -0.392 e. The number of hydrogen-bond acceptors (Lipinski definition) is 1. The molecule has 0 amide bonds. The lowest BCUT2D eigenvalue weighted by molar-refractivity contribution is 0.342. The molecule has 1 aliphatic carbocycles. The van der Waals surface area contributed by atoms with E-state index < -0.39 is 0 Å². The Labute approximate surface area is 86.8 Å². The summed E-state index contributed by atoms with van der Waals surface area (Å²) in [6.07, 6.45) is 14.4. The first-order valence-electron chi connectivity index (χ1n) is 5.48. The third-order valence-corrected chi connectivity index (χ3v) is 2.80. The van der Waals surface area contributed by atoms with E-state index in [1.54, 1.807) is 0 Å². The van der Waals surface area contributed by atoms with Crippen molar-refractivity contribution in [2.45, 2.75) is 32.1 Å². The first-order valence-corrected chi connectivity index (χ1v) is 5.48. The summed E-state index contributed by atoms with van der Waals surface area (Å²) >= 11 is 0. The molecule has 1 nitrogen and oxygen atoms in total. The van der Waals surface area contributed by atoms with Crippen LogP contribution in [0, 0.1) is 5.92 Å². The molecule has 1 N–H and O–H groups in total. The lowest BCUT2D eigenvalue weighted by Crippen LogP contribution is -2.07. The summed E-state index contributed by atoms with van der Waals surface area (Å²) in [4.78, 5) is 0. The van der Waals surface area contributed by atoms with Crippen molar-refractivity contribution in [3.05, 3.63) is 36.5 Å². The molecule has 0 aromatic carbocycles. The van der Waals surface area contributed by atoms with E-state index in [9.17, 15) is 0 Å². The smallest absolute Gasteiger partial charge is 0.0615 e. The van der Waals surface area contributed by atoms with Crippen molar-refractivity contribution in [3.8, 4) is 0 Å². The van der Waals surface area contributed by atoms with Crippen molar-refractivity contribution in [3.63, 3.8) is 0 Å².